The zero-order valence-corrected chi connectivity index (χ0v) is 11.8. The van der Waals surface area contributed by atoms with Gasteiger partial charge in [0.25, 0.3) is 5.91 Å². The summed E-state index contributed by atoms with van der Waals surface area (Å²) in [4.78, 5) is 16.5. The van der Waals surface area contributed by atoms with Gasteiger partial charge >= 0.3 is 0 Å². The highest BCUT2D eigenvalue weighted by atomic mass is 19.1. The molecular weight excluding hydrogens is 283 g/mol. The Hall–Kier alpha value is -2.95. The number of hydrogen-bond donors (Lipinski definition) is 1. The summed E-state index contributed by atoms with van der Waals surface area (Å²) in [6.07, 6.45) is 0. The Morgan fingerprint density at radius 2 is 1.95 bits per heavy atom. The average molecular weight is 296 g/mol. The summed E-state index contributed by atoms with van der Waals surface area (Å²) in [6, 6.07) is 15.1. The number of para-hydroxylation sites is 1. The standard InChI is InChI=1S/C17H13FN2O2/c1-22-12-7-9-15(13(18)10-12)20-17(21)16-8-6-11-4-2-3-5-14(11)19-16/h2-10H,1H3,(H,20,21). The van der Waals surface area contributed by atoms with Crippen LogP contribution in [-0.4, -0.2) is 18.0 Å². The fraction of sp³-hybridized carbons (Fsp3) is 0.0588. The zero-order valence-electron chi connectivity index (χ0n) is 11.8. The summed E-state index contributed by atoms with van der Waals surface area (Å²) in [6.45, 7) is 0. The summed E-state index contributed by atoms with van der Waals surface area (Å²) >= 11 is 0. The first kappa shape index (κ1) is 14.0. The molecule has 0 aliphatic rings. The van der Waals surface area contributed by atoms with Crippen LogP contribution in [0.5, 0.6) is 5.75 Å². The van der Waals surface area contributed by atoms with E-state index in [0.717, 1.165) is 5.39 Å². The summed E-state index contributed by atoms with van der Waals surface area (Å²) in [5, 5.41) is 3.45. The minimum Gasteiger partial charge on any atom is -0.497 e. The summed E-state index contributed by atoms with van der Waals surface area (Å²) in [7, 11) is 1.45. The van der Waals surface area contributed by atoms with E-state index in [9.17, 15) is 9.18 Å². The third-order valence-electron chi connectivity index (χ3n) is 3.26. The topological polar surface area (TPSA) is 51.2 Å². The number of pyridine rings is 1. The number of amides is 1. The van der Waals surface area contributed by atoms with Crippen LogP contribution in [0.15, 0.2) is 54.6 Å². The van der Waals surface area contributed by atoms with Gasteiger partial charge in [0, 0.05) is 11.5 Å². The van der Waals surface area contributed by atoms with Crippen LogP contribution in [0.3, 0.4) is 0 Å². The van der Waals surface area contributed by atoms with Crippen LogP contribution in [0.25, 0.3) is 10.9 Å². The van der Waals surface area contributed by atoms with Gasteiger partial charge in [-0.05, 0) is 24.3 Å². The number of carbonyl (C=O) groups excluding carboxylic acids is 1. The SMILES string of the molecule is COc1ccc(NC(=O)c2ccc3ccccc3n2)c(F)c1. The van der Waals surface area contributed by atoms with E-state index >= 15 is 0 Å². The molecule has 5 heteroatoms. The van der Waals surface area contributed by atoms with Crippen LogP contribution in [-0.2, 0) is 0 Å². The molecule has 22 heavy (non-hydrogen) atoms. The molecule has 3 rings (SSSR count). The van der Waals surface area contributed by atoms with Crippen molar-refractivity contribution < 1.29 is 13.9 Å². The molecule has 0 bridgehead atoms. The van der Waals surface area contributed by atoms with E-state index in [1.54, 1.807) is 12.1 Å². The highest BCUT2D eigenvalue weighted by Gasteiger charge is 2.11. The second-order valence-electron chi connectivity index (χ2n) is 4.69. The van der Waals surface area contributed by atoms with E-state index in [-0.39, 0.29) is 11.4 Å². The van der Waals surface area contributed by atoms with Crippen molar-refractivity contribution in [2.45, 2.75) is 0 Å². The van der Waals surface area contributed by atoms with Crippen LogP contribution in [0, 0.1) is 5.82 Å². The first-order chi connectivity index (χ1) is 10.7. The van der Waals surface area contributed by atoms with Gasteiger partial charge in [-0.2, -0.15) is 0 Å². The molecule has 0 spiro atoms. The Morgan fingerprint density at radius 1 is 1.14 bits per heavy atom. The third kappa shape index (κ3) is 2.74. The van der Waals surface area contributed by atoms with Crippen molar-refractivity contribution in [2.24, 2.45) is 0 Å². The summed E-state index contributed by atoms with van der Waals surface area (Å²) in [5.41, 5.74) is 1.03. The molecule has 0 aliphatic heterocycles. The second-order valence-corrected chi connectivity index (χ2v) is 4.69. The van der Waals surface area contributed by atoms with E-state index in [4.69, 9.17) is 4.74 Å². The predicted octanol–water partition coefficient (Wildman–Crippen LogP) is 3.63. The molecule has 1 N–H and O–H groups in total. The van der Waals surface area contributed by atoms with E-state index in [2.05, 4.69) is 10.3 Å². The number of carbonyl (C=O) groups is 1. The maximum atomic E-state index is 13.9. The van der Waals surface area contributed by atoms with Gasteiger partial charge in [0.1, 0.15) is 17.3 Å². The van der Waals surface area contributed by atoms with Crippen molar-refractivity contribution in [3.63, 3.8) is 0 Å². The van der Waals surface area contributed by atoms with Gasteiger partial charge in [0.05, 0.1) is 18.3 Å². The molecule has 1 amide bonds. The lowest BCUT2D eigenvalue weighted by atomic mass is 10.2. The Labute approximate surface area is 126 Å². The van der Waals surface area contributed by atoms with E-state index in [0.29, 0.717) is 11.3 Å². The summed E-state index contributed by atoms with van der Waals surface area (Å²) in [5.74, 6) is -0.636. The number of ether oxygens (including phenoxy) is 1. The van der Waals surface area contributed by atoms with Gasteiger partial charge in [0.2, 0.25) is 0 Å². The highest BCUT2D eigenvalue weighted by Crippen LogP contribution is 2.21. The molecule has 0 saturated heterocycles. The third-order valence-corrected chi connectivity index (χ3v) is 3.26. The van der Waals surface area contributed by atoms with Crippen LogP contribution in [0.2, 0.25) is 0 Å². The Balaban J connectivity index is 1.86. The van der Waals surface area contributed by atoms with Crippen LogP contribution in [0.1, 0.15) is 10.5 Å². The van der Waals surface area contributed by atoms with Gasteiger partial charge in [-0.1, -0.05) is 24.3 Å². The normalized spacial score (nSPS) is 10.5. The quantitative estimate of drug-likeness (QED) is 0.803. The van der Waals surface area contributed by atoms with E-state index < -0.39 is 11.7 Å². The zero-order chi connectivity index (χ0) is 15.5. The van der Waals surface area contributed by atoms with Gasteiger partial charge < -0.3 is 10.1 Å². The molecule has 0 fully saturated rings. The number of hydrogen-bond acceptors (Lipinski definition) is 3. The van der Waals surface area contributed by atoms with Crippen LogP contribution in [0.4, 0.5) is 10.1 Å². The van der Waals surface area contributed by atoms with Crippen molar-refractivity contribution in [3.8, 4) is 5.75 Å². The maximum Gasteiger partial charge on any atom is 0.274 e. The van der Waals surface area contributed by atoms with Crippen molar-refractivity contribution in [1.29, 1.82) is 0 Å². The van der Waals surface area contributed by atoms with Gasteiger partial charge in [-0.15, -0.1) is 0 Å². The van der Waals surface area contributed by atoms with Gasteiger partial charge in [-0.3, -0.25) is 4.79 Å². The smallest absolute Gasteiger partial charge is 0.274 e. The Morgan fingerprint density at radius 3 is 2.73 bits per heavy atom. The number of nitrogens with zero attached hydrogens (tertiary/aromatic N) is 1. The average Bonchev–Trinajstić information content (AvgIpc) is 2.56. The van der Waals surface area contributed by atoms with Crippen LogP contribution >= 0.6 is 0 Å². The molecule has 0 saturated carbocycles. The fourth-order valence-electron chi connectivity index (χ4n) is 2.10. The van der Waals surface area contributed by atoms with Crippen LogP contribution < -0.4 is 10.1 Å². The lowest BCUT2D eigenvalue weighted by molar-refractivity contribution is 0.102. The first-order valence-electron chi connectivity index (χ1n) is 6.68. The molecule has 0 radical (unpaired) electrons. The molecule has 3 aromatic rings. The molecule has 0 unspecified atom stereocenters. The monoisotopic (exact) mass is 296 g/mol. The number of rotatable bonds is 3. The number of halogens is 1. The molecule has 0 aliphatic carbocycles. The maximum absolute atomic E-state index is 13.9. The fourth-order valence-corrected chi connectivity index (χ4v) is 2.10. The second kappa shape index (κ2) is 5.81. The Kier molecular flexibility index (Phi) is 3.70. The highest BCUT2D eigenvalue weighted by molar-refractivity contribution is 6.04. The van der Waals surface area contributed by atoms with Crippen molar-refractivity contribution in [2.75, 3.05) is 12.4 Å². The van der Waals surface area contributed by atoms with Gasteiger partial charge in [0.15, 0.2) is 0 Å². The molecule has 1 heterocycles. The lowest BCUT2D eigenvalue weighted by Gasteiger charge is -2.08. The predicted molar refractivity (Wildman–Crippen MR) is 82.6 cm³/mol. The molecule has 110 valence electrons. The largest absolute Gasteiger partial charge is 0.497 e. The molecule has 4 nitrogen and oxygen atoms in total. The molecule has 1 aromatic heterocycles. The van der Waals surface area contributed by atoms with E-state index in [1.165, 1.54) is 19.2 Å². The number of benzene rings is 2. The lowest BCUT2D eigenvalue weighted by Crippen LogP contribution is -2.14. The number of anilines is 1. The molecular formula is C17H13FN2O2. The molecule has 2 aromatic carbocycles. The van der Waals surface area contributed by atoms with Gasteiger partial charge in [-0.25, -0.2) is 9.37 Å². The first-order valence-corrected chi connectivity index (χ1v) is 6.68. The number of fused-ring (bicyclic) bond motifs is 1. The minimum atomic E-state index is -0.562. The van der Waals surface area contributed by atoms with Crippen molar-refractivity contribution >= 4 is 22.5 Å². The summed E-state index contributed by atoms with van der Waals surface area (Å²) < 4.78 is 18.8. The number of methoxy groups -OCH3 is 1. The number of aromatic nitrogens is 1. The molecule has 0 atom stereocenters. The van der Waals surface area contributed by atoms with E-state index in [1.807, 2.05) is 30.3 Å². The van der Waals surface area contributed by atoms with Crippen molar-refractivity contribution in [3.05, 3.63) is 66.1 Å². The van der Waals surface area contributed by atoms with Crippen molar-refractivity contribution in [1.82, 2.24) is 4.98 Å². The number of nitrogens with one attached hydrogen (secondary N) is 1. The Bertz CT molecular complexity index is 849. The minimum absolute atomic E-state index is 0.0840.